The molecule has 0 bridgehead atoms. The Kier molecular flexibility index (Phi) is 4.93. The van der Waals surface area contributed by atoms with Gasteiger partial charge in [0.05, 0.1) is 11.8 Å². The number of likely N-dealkylation sites (tertiary alicyclic amines) is 2. The Hall–Kier alpha value is -1.95. The zero-order valence-corrected chi connectivity index (χ0v) is 15.9. The number of pyridine rings is 1. The standard InChI is InChI=1S/C21H29N3O3/c25-18(26)15-21(6-1-7-21)24-13-8-20(9-14-24)5-2-12-23(19(20)27)16-17-3-10-22-11-4-17/h3-4,10-11H,1-2,5-9,12-16H2,(H,25,26). The topological polar surface area (TPSA) is 73.7 Å². The van der Waals surface area contributed by atoms with E-state index in [0.29, 0.717) is 12.5 Å². The number of nitrogens with zero attached hydrogens (tertiary/aromatic N) is 3. The summed E-state index contributed by atoms with van der Waals surface area (Å²) in [6.45, 7) is 3.19. The predicted molar refractivity (Wildman–Crippen MR) is 101 cm³/mol. The SMILES string of the molecule is O=C(O)CC1(N2CCC3(CCCN(Cc4ccncc4)C3=O)CC2)CCC1. The van der Waals surface area contributed by atoms with Gasteiger partial charge in [-0.3, -0.25) is 19.5 Å². The number of carbonyl (C=O) groups is 2. The molecule has 2 aliphatic heterocycles. The molecule has 1 spiro atoms. The number of amides is 1. The molecule has 6 heteroatoms. The van der Waals surface area contributed by atoms with Crippen LogP contribution in [0.5, 0.6) is 0 Å². The molecule has 1 N–H and O–H groups in total. The number of carbonyl (C=O) groups excluding carboxylic acids is 1. The van der Waals surface area contributed by atoms with E-state index in [2.05, 4.69) is 9.88 Å². The summed E-state index contributed by atoms with van der Waals surface area (Å²) >= 11 is 0. The third-order valence-electron chi connectivity index (χ3n) is 7.10. The van der Waals surface area contributed by atoms with E-state index in [0.717, 1.165) is 70.1 Å². The molecule has 1 aromatic rings. The molecule has 1 aromatic heterocycles. The third-order valence-corrected chi connectivity index (χ3v) is 7.10. The summed E-state index contributed by atoms with van der Waals surface area (Å²) in [5.41, 5.74) is 0.736. The van der Waals surface area contributed by atoms with Crippen LogP contribution in [0.4, 0.5) is 0 Å². The molecule has 0 aromatic carbocycles. The highest BCUT2D eigenvalue weighted by molar-refractivity contribution is 5.83. The highest BCUT2D eigenvalue weighted by Gasteiger charge is 2.51. The van der Waals surface area contributed by atoms with Gasteiger partial charge in [0.15, 0.2) is 0 Å². The van der Waals surface area contributed by atoms with Gasteiger partial charge in [-0.05, 0) is 75.7 Å². The van der Waals surface area contributed by atoms with E-state index in [1.54, 1.807) is 12.4 Å². The van der Waals surface area contributed by atoms with E-state index >= 15 is 0 Å². The highest BCUT2D eigenvalue weighted by Crippen LogP contribution is 2.47. The molecule has 3 aliphatic rings. The van der Waals surface area contributed by atoms with Crippen LogP contribution in [0.1, 0.15) is 56.9 Å². The quantitative estimate of drug-likeness (QED) is 0.861. The van der Waals surface area contributed by atoms with Crippen molar-refractivity contribution in [2.45, 2.75) is 63.5 Å². The smallest absolute Gasteiger partial charge is 0.305 e. The Balaban J connectivity index is 1.42. The van der Waals surface area contributed by atoms with E-state index in [1.165, 1.54) is 0 Å². The minimum atomic E-state index is -0.702. The van der Waals surface area contributed by atoms with Crippen LogP contribution in [0.15, 0.2) is 24.5 Å². The van der Waals surface area contributed by atoms with Crippen LogP contribution in [0.3, 0.4) is 0 Å². The molecule has 146 valence electrons. The Morgan fingerprint density at radius 3 is 2.33 bits per heavy atom. The van der Waals surface area contributed by atoms with Crippen molar-refractivity contribution < 1.29 is 14.7 Å². The lowest BCUT2D eigenvalue weighted by atomic mass is 9.67. The summed E-state index contributed by atoms with van der Waals surface area (Å²) in [6, 6.07) is 3.95. The summed E-state index contributed by atoms with van der Waals surface area (Å²) in [5.74, 6) is -0.404. The molecule has 6 nitrogen and oxygen atoms in total. The van der Waals surface area contributed by atoms with Crippen molar-refractivity contribution in [1.82, 2.24) is 14.8 Å². The molecule has 4 rings (SSSR count). The van der Waals surface area contributed by atoms with E-state index in [-0.39, 0.29) is 17.4 Å². The van der Waals surface area contributed by atoms with Gasteiger partial charge in [0.2, 0.25) is 5.91 Å². The largest absolute Gasteiger partial charge is 0.481 e. The highest BCUT2D eigenvalue weighted by atomic mass is 16.4. The van der Waals surface area contributed by atoms with E-state index in [1.807, 2.05) is 17.0 Å². The number of carboxylic acid groups (broad SMARTS) is 1. The molecular weight excluding hydrogens is 342 g/mol. The van der Waals surface area contributed by atoms with Crippen molar-refractivity contribution in [3.8, 4) is 0 Å². The molecular formula is C21H29N3O3. The second kappa shape index (κ2) is 7.23. The Bertz CT molecular complexity index is 694. The zero-order valence-electron chi connectivity index (χ0n) is 15.9. The predicted octanol–water partition coefficient (Wildman–Crippen LogP) is 2.68. The lowest BCUT2D eigenvalue weighted by molar-refractivity contribution is -0.155. The fourth-order valence-electron chi connectivity index (χ4n) is 5.36. The lowest BCUT2D eigenvalue weighted by Crippen LogP contribution is -2.61. The third kappa shape index (κ3) is 3.47. The van der Waals surface area contributed by atoms with Gasteiger partial charge >= 0.3 is 5.97 Å². The maximum absolute atomic E-state index is 13.3. The van der Waals surface area contributed by atoms with Gasteiger partial charge in [0.25, 0.3) is 0 Å². The number of carboxylic acids is 1. The zero-order chi connectivity index (χ0) is 18.9. The van der Waals surface area contributed by atoms with Gasteiger partial charge in [0.1, 0.15) is 0 Å². The van der Waals surface area contributed by atoms with E-state index in [4.69, 9.17) is 0 Å². The molecule has 2 saturated heterocycles. The molecule has 3 heterocycles. The first-order chi connectivity index (χ1) is 13.0. The maximum Gasteiger partial charge on any atom is 0.305 e. The number of aliphatic carboxylic acids is 1. The van der Waals surface area contributed by atoms with Gasteiger partial charge < -0.3 is 10.0 Å². The van der Waals surface area contributed by atoms with Crippen LogP contribution >= 0.6 is 0 Å². The van der Waals surface area contributed by atoms with Crippen LogP contribution in [0.2, 0.25) is 0 Å². The monoisotopic (exact) mass is 371 g/mol. The van der Waals surface area contributed by atoms with Gasteiger partial charge in [-0.25, -0.2) is 0 Å². The van der Waals surface area contributed by atoms with Crippen LogP contribution in [-0.2, 0) is 16.1 Å². The molecule has 3 fully saturated rings. The number of piperidine rings is 2. The van der Waals surface area contributed by atoms with Gasteiger partial charge in [-0.15, -0.1) is 0 Å². The fraction of sp³-hybridized carbons (Fsp3) is 0.667. The normalized spacial score (nSPS) is 24.6. The average Bonchev–Trinajstić information content (AvgIpc) is 2.64. The first-order valence-corrected chi connectivity index (χ1v) is 10.2. The Labute approximate surface area is 160 Å². The van der Waals surface area contributed by atoms with Gasteiger partial charge in [0, 0.05) is 31.0 Å². The van der Waals surface area contributed by atoms with Crippen molar-refractivity contribution in [2.75, 3.05) is 19.6 Å². The fourth-order valence-corrected chi connectivity index (χ4v) is 5.36. The molecule has 0 atom stereocenters. The Morgan fingerprint density at radius 1 is 1.04 bits per heavy atom. The van der Waals surface area contributed by atoms with Crippen molar-refractivity contribution in [2.24, 2.45) is 5.41 Å². The summed E-state index contributed by atoms with van der Waals surface area (Å²) < 4.78 is 0. The number of hydrogen-bond acceptors (Lipinski definition) is 4. The number of aromatic nitrogens is 1. The summed E-state index contributed by atoms with van der Waals surface area (Å²) in [5, 5.41) is 9.31. The second-order valence-corrected chi connectivity index (χ2v) is 8.60. The van der Waals surface area contributed by atoms with Crippen molar-refractivity contribution in [1.29, 1.82) is 0 Å². The summed E-state index contributed by atoms with van der Waals surface area (Å²) in [7, 11) is 0. The van der Waals surface area contributed by atoms with Crippen LogP contribution < -0.4 is 0 Å². The van der Waals surface area contributed by atoms with Crippen LogP contribution in [0.25, 0.3) is 0 Å². The minimum absolute atomic E-state index is 0.151. The molecule has 1 amide bonds. The van der Waals surface area contributed by atoms with Gasteiger partial charge in [-0.2, -0.15) is 0 Å². The molecule has 1 aliphatic carbocycles. The first kappa shape index (κ1) is 18.4. The van der Waals surface area contributed by atoms with Crippen LogP contribution in [0, 0.1) is 5.41 Å². The number of rotatable bonds is 5. The summed E-state index contributed by atoms with van der Waals surface area (Å²) in [4.78, 5) is 33.1. The Morgan fingerprint density at radius 2 is 1.74 bits per heavy atom. The molecule has 27 heavy (non-hydrogen) atoms. The van der Waals surface area contributed by atoms with Gasteiger partial charge in [-0.1, -0.05) is 0 Å². The number of hydrogen-bond donors (Lipinski definition) is 1. The summed E-state index contributed by atoms with van der Waals surface area (Å²) in [6.07, 6.45) is 10.6. The molecule has 1 saturated carbocycles. The lowest BCUT2D eigenvalue weighted by Gasteiger charge is -2.55. The second-order valence-electron chi connectivity index (χ2n) is 8.60. The molecule has 0 unspecified atom stereocenters. The van der Waals surface area contributed by atoms with Crippen LogP contribution in [-0.4, -0.2) is 56.9 Å². The van der Waals surface area contributed by atoms with Crippen molar-refractivity contribution in [3.05, 3.63) is 30.1 Å². The first-order valence-electron chi connectivity index (χ1n) is 10.2. The maximum atomic E-state index is 13.3. The minimum Gasteiger partial charge on any atom is -0.481 e. The van der Waals surface area contributed by atoms with E-state index in [9.17, 15) is 14.7 Å². The van der Waals surface area contributed by atoms with E-state index < -0.39 is 5.97 Å². The van der Waals surface area contributed by atoms with Crippen molar-refractivity contribution in [3.63, 3.8) is 0 Å². The average molecular weight is 371 g/mol. The van der Waals surface area contributed by atoms with Crippen molar-refractivity contribution >= 4 is 11.9 Å². The molecule has 0 radical (unpaired) electrons.